The maximum absolute atomic E-state index is 11.7. The zero-order valence-electron chi connectivity index (χ0n) is 12.1. The summed E-state index contributed by atoms with van der Waals surface area (Å²) in [5.41, 5.74) is 0.454. The molecule has 112 valence electrons. The SMILES string of the molecule is C#CCNC(=O)COc1ccc(C(=O)OCCCC)cc1. The van der Waals surface area contributed by atoms with Crippen molar-refractivity contribution in [2.45, 2.75) is 19.8 Å². The first-order valence-corrected chi connectivity index (χ1v) is 6.77. The lowest BCUT2D eigenvalue weighted by Crippen LogP contribution is -2.29. The largest absolute Gasteiger partial charge is 0.484 e. The van der Waals surface area contributed by atoms with Gasteiger partial charge in [0.15, 0.2) is 6.61 Å². The lowest BCUT2D eigenvalue weighted by Gasteiger charge is -2.07. The Morgan fingerprint density at radius 2 is 2.00 bits per heavy atom. The summed E-state index contributed by atoms with van der Waals surface area (Å²) in [7, 11) is 0. The molecule has 5 heteroatoms. The molecule has 0 saturated heterocycles. The van der Waals surface area contributed by atoms with Crippen LogP contribution in [0, 0.1) is 12.3 Å². The van der Waals surface area contributed by atoms with Crippen molar-refractivity contribution in [3.63, 3.8) is 0 Å². The van der Waals surface area contributed by atoms with Crippen LogP contribution in [0.5, 0.6) is 5.75 Å². The van der Waals surface area contributed by atoms with Crippen LogP contribution < -0.4 is 10.1 Å². The van der Waals surface area contributed by atoms with Gasteiger partial charge in [0.2, 0.25) is 0 Å². The van der Waals surface area contributed by atoms with Gasteiger partial charge in [0.1, 0.15) is 5.75 Å². The molecule has 0 bridgehead atoms. The Kier molecular flexibility index (Phi) is 7.44. The van der Waals surface area contributed by atoms with Crippen LogP contribution in [-0.2, 0) is 9.53 Å². The summed E-state index contributed by atoms with van der Waals surface area (Å²) in [6.45, 7) is 2.50. The van der Waals surface area contributed by atoms with Crippen LogP contribution in [0.2, 0.25) is 0 Å². The first-order chi connectivity index (χ1) is 10.2. The summed E-state index contributed by atoms with van der Waals surface area (Å²) in [5, 5.41) is 2.49. The second-order valence-electron chi connectivity index (χ2n) is 4.28. The third-order valence-electron chi connectivity index (χ3n) is 2.58. The predicted octanol–water partition coefficient (Wildman–Crippen LogP) is 1.77. The molecule has 1 rings (SSSR count). The van der Waals surface area contributed by atoms with Crippen molar-refractivity contribution in [2.75, 3.05) is 19.8 Å². The van der Waals surface area contributed by atoms with E-state index in [1.807, 2.05) is 6.92 Å². The second kappa shape index (κ2) is 9.43. The topological polar surface area (TPSA) is 64.6 Å². The molecule has 0 atom stereocenters. The first kappa shape index (κ1) is 16.6. The van der Waals surface area contributed by atoms with E-state index in [4.69, 9.17) is 15.9 Å². The highest BCUT2D eigenvalue weighted by atomic mass is 16.5. The molecular formula is C16H19NO4. The number of rotatable bonds is 8. The maximum Gasteiger partial charge on any atom is 0.338 e. The van der Waals surface area contributed by atoms with Crippen LogP contribution in [0.4, 0.5) is 0 Å². The summed E-state index contributed by atoms with van der Waals surface area (Å²) >= 11 is 0. The summed E-state index contributed by atoms with van der Waals surface area (Å²) in [6, 6.07) is 6.43. The van der Waals surface area contributed by atoms with Crippen molar-refractivity contribution in [1.29, 1.82) is 0 Å². The van der Waals surface area contributed by atoms with Gasteiger partial charge in [-0.05, 0) is 30.7 Å². The fourth-order valence-corrected chi connectivity index (χ4v) is 1.43. The maximum atomic E-state index is 11.7. The molecule has 0 radical (unpaired) electrons. The minimum absolute atomic E-state index is 0.123. The zero-order valence-corrected chi connectivity index (χ0v) is 12.1. The Morgan fingerprint density at radius 1 is 1.29 bits per heavy atom. The van der Waals surface area contributed by atoms with Crippen molar-refractivity contribution in [3.8, 4) is 18.1 Å². The monoisotopic (exact) mass is 289 g/mol. The Labute approximate surface area is 124 Å². The number of unbranched alkanes of at least 4 members (excludes halogenated alkanes) is 1. The zero-order chi connectivity index (χ0) is 15.5. The molecule has 0 heterocycles. The molecule has 0 aliphatic rings. The van der Waals surface area contributed by atoms with E-state index in [2.05, 4.69) is 11.2 Å². The van der Waals surface area contributed by atoms with Crippen LogP contribution >= 0.6 is 0 Å². The Balaban J connectivity index is 2.41. The molecule has 1 aromatic carbocycles. The number of hydrogen-bond donors (Lipinski definition) is 1. The molecule has 1 aromatic rings. The number of carbonyl (C=O) groups excluding carboxylic acids is 2. The number of esters is 1. The van der Waals surface area contributed by atoms with Gasteiger partial charge < -0.3 is 14.8 Å². The number of terminal acetylenes is 1. The van der Waals surface area contributed by atoms with Gasteiger partial charge in [0, 0.05) is 0 Å². The van der Waals surface area contributed by atoms with Crippen LogP contribution in [0.1, 0.15) is 30.1 Å². The quantitative estimate of drug-likeness (QED) is 0.450. The highest BCUT2D eigenvalue weighted by molar-refractivity contribution is 5.89. The van der Waals surface area contributed by atoms with E-state index in [0.717, 1.165) is 12.8 Å². The molecule has 0 unspecified atom stereocenters. The van der Waals surface area contributed by atoms with Gasteiger partial charge in [0.05, 0.1) is 18.7 Å². The minimum Gasteiger partial charge on any atom is -0.484 e. The van der Waals surface area contributed by atoms with E-state index >= 15 is 0 Å². The average molecular weight is 289 g/mol. The van der Waals surface area contributed by atoms with E-state index in [9.17, 15) is 9.59 Å². The molecule has 0 spiro atoms. The van der Waals surface area contributed by atoms with Gasteiger partial charge in [0.25, 0.3) is 5.91 Å². The van der Waals surface area contributed by atoms with E-state index in [-0.39, 0.29) is 25.0 Å². The van der Waals surface area contributed by atoms with Crippen LogP contribution in [0.25, 0.3) is 0 Å². The fraction of sp³-hybridized carbons (Fsp3) is 0.375. The highest BCUT2D eigenvalue weighted by Gasteiger charge is 2.07. The fourth-order valence-electron chi connectivity index (χ4n) is 1.43. The van der Waals surface area contributed by atoms with Gasteiger partial charge in [-0.2, -0.15) is 0 Å². The normalized spacial score (nSPS) is 9.52. The number of amides is 1. The summed E-state index contributed by atoms with van der Waals surface area (Å²) in [4.78, 5) is 23.0. The van der Waals surface area contributed by atoms with E-state index < -0.39 is 0 Å². The van der Waals surface area contributed by atoms with Crippen molar-refractivity contribution >= 4 is 11.9 Å². The molecule has 0 fully saturated rings. The molecule has 21 heavy (non-hydrogen) atoms. The number of ether oxygens (including phenoxy) is 2. The van der Waals surface area contributed by atoms with E-state index in [0.29, 0.717) is 17.9 Å². The molecule has 1 amide bonds. The molecule has 0 aliphatic heterocycles. The third-order valence-corrected chi connectivity index (χ3v) is 2.58. The number of benzene rings is 1. The van der Waals surface area contributed by atoms with Crippen LogP contribution in [-0.4, -0.2) is 31.6 Å². The molecule has 0 aromatic heterocycles. The minimum atomic E-state index is -0.359. The van der Waals surface area contributed by atoms with Gasteiger partial charge in [-0.15, -0.1) is 6.42 Å². The summed E-state index contributed by atoms with van der Waals surface area (Å²) in [6.07, 6.45) is 6.84. The molecule has 1 N–H and O–H groups in total. The van der Waals surface area contributed by atoms with Crippen molar-refractivity contribution in [2.24, 2.45) is 0 Å². The Hall–Kier alpha value is -2.48. The Bertz CT molecular complexity index is 502. The van der Waals surface area contributed by atoms with Gasteiger partial charge in [-0.25, -0.2) is 4.79 Å². The third kappa shape index (κ3) is 6.48. The summed E-state index contributed by atoms with van der Waals surface area (Å²) < 4.78 is 10.4. The van der Waals surface area contributed by atoms with Crippen molar-refractivity contribution in [1.82, 2.24) is 5.32 Å². The predicted molar refractivity (Wildman–Crippen MR) is 79.0 cm³/mol. The van der Waals surface area contributed by atoms with Gasteiger partial charge in [-0.1, -0.05) is 19.3 Å². The summed E-state index contributed by atoms with van der Waals surface area (Å²) in [5.74, 6) is 2.14. The number of nitrogens with one attached hydrogen (secondary N) is 1. The van der Waals surface area contributed by atoms with E-state index in [1.165, 1.54) is 0 Å². The number of carbonyl (C=O) groups is 2. The second-order valence-corrected chi connectivity index (χ2v) is 4.28. The van der Waals surface area contributed by atoms with Crippen molar-refractivity contribution < 1.29 is 19.1 Å². The van der Waals surface area contributed by atoms with Gasteiger partial charge >= 0.3 is 5.97 Å². The molecular weight excluding hydrogens is 270 g/mol. The molecule has 5 nitrogen and oxygen atoms in total. The van der Waals surface area contributed by atoms with Crippen LogP contribution in [0.3, 0.4) is 0 Å². The lowest BCUT2D eigenvalue weighted by atomic mass is 10.2. The molecule has 0 aliphatic carbocycles. The first-order valence-electron chi connectivity index (χ1n) is 6.77. The highest BCUT2D eigenvalue weighted by Crippen LogP contribution is 2.13. The van der Waals surface area contributed by atoms with E-state index in [1.54, 1.807) is 24.3 Å². The Morgan fingerprint density at radius 3 is 2.62 bits per heavy atom. The smallest absolute Gasteiger partial charge is 0.338 e. The standard InChI is InChI=1S/C16H19NO4/c1-3-5-11-20-16(19)13-6-8-14(9-7-13)21-12-15(18)17-10-4-2/h2,6-9H,3,5,10-12H2,1H3,(H,17,18). The lowest BCUT2D eigenvalue weighted by molar-refractivity contribution is -0.122. The molecule has 0 saturated carbocycles. The van der Waals surface area contributed by atoms with Crippen molar-refractivity contribution in [3.05, 3.63) is 29.8 Å². The van der Waals surface area contributed by atoms with Crippen LogP contribution in [0.15, 0.2) is 24.3 Å². The number of hydrogen-bond acceptors (Lipinski definition) is 4. The average Bonchev–Trinajstić information content (AvgIpc) is 2.51. The van der Waals surface area contributed by atoms with Gasteiger partial charge in [-0.3, -0.25) is 4.79 Å².